The lowest BCUT2D eigenvalue weighted by Gasteiger charge is -2.48. The second-order valence-corrected chi connectivity index (χ2v) is 19.9. The Morgan fingerprint density at radius 3 is 2.38 bits per heavy atom. The van der Waals surface area contributed by atoms with Gasteiger partial charge in [-0.2, -0.15) is 0 Å². The van der Waals surface area contributed by atoms with Crippen molar-refractivity contribution < 1.29 is 76.6 Å². The number of rotatable bonds is 11. The maximum absolute atomic E-state index is 14.6. The third-order valence-corrected chi connectivity index (χ3v) is 15.0. The molecule has 0 aromatic rings. The number of allylic oxidation sites excluding steroid dienone is 2. The highest BCUT2D eigenvalue weighted by molar-refractivity contribution is 5.79. The van der Waals surface area contributed by atoms with Gasteiger partial charge in [0.2, 0.25) is 0 Å². The summed E-state index contributed by atoms with van der Waals surface area (Å²) in [4.78, 5) is 27.4. The maximum Gasteiger partial charge on any atom is 0.509 e. The van der Waals surface area contributed by atoms with Crippen molar-refractivity contribution in [3.05, 3.63) is 71.9 Å². The Bertz CT molecular complexity index is 1930. The standard InChI is InChI=1S/C52H76O16/c1-12-21-59-50(55)66-46-32(7)22-38-49(54)63-37-23-36(67-51(26-37)20-19-31(6)45(68-51)28(3)13-2)18-17-30(5)44(29(4)15-14-16-35-27-60-48(46)52(35,38)56)64-42-25-40(58-11)47(34(9)62-42)65-41-24-39(57-10)43(53)33(8)61-41/h12,14-17,19-20,22,28-29,31,33-34,36-48,53,56H,1,13,18,21,23-27H2,2-11H3/b15-14+,30-17+,35-16+/t28-,29-,31-,33-,34-,36+,37-,38-,39-,40-,41-,42-,43-,44-,45+,46+,47-,48+,51+,52+/m0/s1. The zero-order valence-electron chi connectivity index (χ0n) is 41.5. The fourth-order valence-electron chi connectivity index (χ4n) is 11.0. The van der Waals surface area contributed by atoms with Gasteiger partial charge in [0.25, 0.3) is 0 Å². The fraction of sp³-hybridized carbons (Fsp3) is 0.731. The van der Waals surface area contributed by atoms with E-state index in [1.165, 1.54) is 6.08 Å². The highest BCUT2D eigenvalue weighted by atomic mass is 16.7. The number of hydrogen-bond acceptors (Lipinski definition) is 16. The molecule has 16 nitrogen and oxygen atoms in total. The van der Waals surface area contributed by atoms with Crippen LogP contribution in [-0.4, -0.2) is 147 Å². The van der Waals surface area contributed by atoms with Crippen LogP contribution in [0.5, 0.6) is 0 Å². The van der Waals surface area contributed by atoms with Crippen molar-refractivity contribution in [1.29, 1.82) is 0 Å². The molecular weight excluding hydrogens is 881 g/mol. The van der Waals surface area contributed by atoms with Crippen LogP contribution in [0.15, 0.2) is 71.9 Å². The largest absolute Gasteiger partial charge is 0.509 e. The lowest BCUT2D eigenvalue weighted by atomic mass is 9.70. The summed E-state index contributed by atoms with van der Waals surface area (Å²) in [5, 5.41) is 23.5. The van der Waals surface area contributed by atoms with Crippen LogP contribution in [0.1, 0.15) is 93.9 Å². The van der Waals surface area contributed by atoms with Crippen LogP contribution in [0, 0.1) is 23.7 Å². The number of aliphatic hydroxyl groups excluding tert-OH is 1. The number of aliphatic hydroxyl groups is 2. The molecule has 6 aliphatic heterocycles. The Hall–Kier alpha value is -3.26. The van der Waals surface area contributed by atoms with Crippen LogP contribution >= 0.6 is 0 Å². The summed E-state index contributed by atoms with van der Waals surface area (Å²) in [7, 11) is 3.20. The summed E-state index contributed by atoms with van der Waals surface area (Å²) in [6, 6.07) is 0. The van der Waals surface area contributed by atoms with E-state index in [9.17, 15) is 19.8 Å². The van der Waals surface area contributed by atoms with E-state index in [2.05, 4.69) is 39.5 Å². The van der Waals surface area contributed by atoms with Gasteiger partial charge >= 0.3 is 12.1 Å². The number of carbonyl (C=O) groups excluding carboxylic acids is 2. The average Bonchev–Trinajstić information content (AvgIpc) is 3.65. The molecule has 16 heteroatoms. The SMILES string of the molecule is C=CCOC(=O)O[C@@H]1C(C)=C[C@H]2C(=O)O[C@H]3C[C@@H](C/C=C(\C)[C@@H](O[C@H]4C[C@H](OC)[C@@H](O[C@H]5C[C@H](OC)[C@@H](O)[C@H](C)O5)[C@H](C)O4)[C@@H](C)/C=C/C=C4\CO[C@H]1[C@@]42O)O[C@@]1(C=C[C@H](C)[C@@H]([C@@H](C)CC)O1)C3. The summed E-state index contributed by atoms with van der Waals surface area (Å²) in [5.74, 6) is -2.87. The summed E-state index contributed by atoms with van der Waals surface area (Å²) in [6.45, 7) is 19.4. The molecule has 0 unspecified atom stereocenters. The summed E-state index contributed by atoms with van der Waals surface area (Å²) in [6.07, 6.45) is 8.27. The molecular formula is C52H76O16. The van der Waals surface area contributed by atoms with Gasteiger partial charge in [-0.15, -0.1) is 0 Å². The number of methoxy groups -OCH3 is 2. The van der Waals surface area contributed by atoms with Gasteiger partial charge in [-0.05, 0) is 62.8 Å². The second-order valence-electron chi connectivity index (χ2n) is 19.9. The third kappa shape index (κ3) is 11.3. The molecule has 1 aliphatic carbocycles. The van der Waals surface area contributed by atoms with Gasteiger partial charge in [0, 0.05) is 51.7 Å². The number of ether oxygens (including phenoxy) is 12. The van der Waals surface area contributed by atoms with E-state index in [0.717, 1.165) is 12.0 Å². The van der Waals surface area contributed by atoms with Gasteiger partial charge in [-0.25, -0.2) is 4.79 Å². The zero-order chi connectivity index (χ0) is 49.1. The van der Waals surface area contributed by atoms with E-state index >= 15 is 0 Å². The molecule has 380 valence electrons. The van der Waals surface area contributed by atoms with Crippen molar-refractivity contribution in [2.24, 2.45) is 23.7 Å². The number of carbonyl (C=O) groups is 2. The molecule has 0 amide bonds. The molecule has 7 rings (SSSR count). The van der Waals surface area contributed by atoms with Crippen LogP contribution in [-0.2, 0) is 61.6 Å². The summed E-state index contributed by atoms with van der Waals surface area (Å²) < 4.78 is 75.0. The van der Waals surface area contributed by atoms with Crippen LogP contribution in [0.2, 0.25) is 0 Å². The van der Waals surface area contributed by atoms with Crippen molar-refractivity contribution in [3.63, 3.8) is 0 Å². The summed E-state index contributed by atoms with van der Waals surface area (Å²) >= 11 is 0. The van der Waals surface area contributed by atoms with E-state index < -0.39 is 109 Å². The molecule has 68 heavy (non-hydrogen) atoms. The molecule has 0 aromatic heterocycles. The fourth-order valence-corrected chi connectivity index (χ4v) is 11.0. The zero-order valence-corrected chi connectivity index (χ0v) is 41.5. The molecule has 4 saturated heterocycles. The molecule has 6 heterocycles. The molecule has 2 N–H and O–H groups in total. The minimum Gasteiger partial charge on any atom is -0.462 e. The van der Waals surface area contributed by atoms with E-state index in [1.54, 1.807) is 40.2 Å². The minimum atomic E-state index is -1.96. The molecule has 20 atom stereocenters. The van der Waals surface area contributed by atoms with Crippen LogP contribution in [0.4, 0.5) is 4.79 Å². The van der Waals surface area contributed by atoms with E-state index in [0.29, 0.717) is 36.8 Å². The first kappa shape index (κ1) is 52.6. The Kier molecular flexibility index (Phi) is 17.3. The lowest BCUT2D eigenvalue weighted by molar-refractivity contribution is -0.318. The predicted octanol–water partition coefficient (Wildman–Crippen LogP) is 6.72. The lowest BCUT2D eigenvalue weighted by Crippen LogP contribution is -2.59. The molecule has 0 aromatic carbocycles. The van der Waals surface area contributed by atoms with Gasteiger partial charge in [-0.1, -0.05) is 83.2 Å². The van der Waals surface area contributed by atoms with Gasteiger partial charge in [0.1, 0.15) is 42.5 Å². The molecule has 1 spiro atoms. The first-order chi connectivity index (χ1) is 32.4. The van der Waals surface area contributed by atoms with Crippen LogP contribution in [0.25, 0.3) is 0 Å². The van der Waals surface area contributed by atoms with Gasteiger partial charge in [0.15, 0.2) is 24.5 Å². The highest BCUT2D eigenvalue weighted by Gasteiger charge is 2.61. The van der Waals surface area contributed by atoms with Gasteiger partial charge < -0.3 is 67.1 Å². The van der Waals surface area contributed by atoms with Crippen molar-refractivity contribution in [2.75, 3.05) is 27.4 Å². The molecule has 0 radical (unpaired) electrons. The molecule has 0 saturated carbocycles. The first-order valence-corrected chi connectivity index (χ1v) is 24.6. The Morgan fingerprint density at radius 2 is 1.66 bits per heavy atom. The van der Waals surface area contributed by atoms with E-state index in [4.69, 9.17) is 56.8 Å². The predicted molar refractivity (Wildman–Crippen MR) is 248 cm³/mol. The Labute approximate surface area is 401 Å². The Morgan fingerprint density at radius 1 is 0.941 bits per heavy atom. The molecule has 2 bridgehead atoms. The topological polar surface area (TPSA) is 185 Å². The van der Waals surface area contributed by atoms with Crippen molar-refractivity contribution in [2.45, 2.75) is 191 Å². The molecule has 7 aliphatic rings. The van der Waals surface area contributed by atoms with Crippen molar-refractivity contribution in [1.82, 2.24) is 0 Å². The summed E-state index contributed by atoms with van der Waals surface area (Å²) in [5.41, 5.74) is -0.108. The normalized spacial score (nSPS) is 45.6. The maximum atomic E-state index is 14.6. The van der Waals surface area contributed by atoms with Crippen molar-refractivity contribution >= 4 is 12.1 Å². The van der Waals surface area contributed by atoms with Gasteiger partial charge in [0.05, 0.1) is 49.3 Å². The number of fused-ring (bicyclic) bond motifs is 2. The first-order valence-electron chi connectivity index (χ1n) is 24.6. The smallest absolute Gasteiger partial charge is 0.462 e. The third-order valence-electron chi connectivity index (χ3n) is 15.0. The second kappa shape index (κ2) is 22.4. The number of esters is 1. The van der Waals surface area contributed by atoms with Crippen LogP contribution < -0.4 is 0 Å². The number of hydrogen-bond donors (Lipinski definition) is 2. The van der Waals surface area contributed by atoms with E-state index in [1.807, 2.05) is 39.0 Å². The van der Waals surface area contributed by atoms with Crippen molar-refractivity contribution in [3.8, 4) is 0 Å². The quantitative estimate of drug-likeness (QED) is 0.164. The Balaban J connectivity index is 1.21. The molecule has 4 fully saturated rings. The van der Waals surface area contributed by atoms with E-state index in [-0.39, 0.29) is 43.5 Å². The highest BCUT2D eigenvalue weighted by Crippen LogP contribution is 2.48. The minimum absolute atomic E-state index is 0.0472. The average molecular weight is 957 g/mol. The monoisotopic (exact) mass is 957 g/mol. The van der Waals surface area contributed by atoms with Crippen LogP contribution in [0.3, 0.4) is 0 Å². The van der Waals surface area contributed by atoms with Gasteiger partial charge in [-0.3, -0.25) is 4.79 Å².